The fourth-order valence-electron chi connectivity index (χ4n) is 1.99. The normalized spacial score (nSPS) is 29.2. The Morgan fingerprint density at radius 1 is 1.54 bits per heavy atom. The van der Waals surface area contributed by atoms with E-state index in [1.807, 2.05) is 7.05 Å². The second kappa shape index (κ2) is 4.99. The van der Waals surface area contributed by atoms with Crippen LogP contribution in [0.25, 0.3) is 0 Å². The number of aliphatic hydroxyl groups excluding tert-OH is 1. The van der Waals surface area contributed by atoms with Gasteiger partial charge in [0.2, 0.25) is 0 Å². The summed E-state index contributed by atoms with van der Waals surface area (Å²) < 4.78 is 0. The largest absolute Gasteiger partial charge is 0.391 e. The first kappa shape index (κ1) is 11.0. The molecule has 13 heavy (non-hydrogen) atoms. The van der Waals surface area contributed by atoms with E-state index in [2.05, 4.69) is 11.5 Å². The first-order valence-electron chi connectivity index (χ1n) is 4.83. The monoisotopic (exact) mass is 203 g/mol. The molecule has 0 aromatic rings. The van der Waals surface area contributed by atoms with Gasteiger partial charge in [-0.15, -0.1) is 0 Å². The van der Waals surface area contributed by atoms with Crippen LogP contribution in [0.5, 0.6) is 0 Å². The fraction of sp³-hybridized carbons (Fsp3) is 0.800. The first-order chi connectivity index (χ1) is 6.11. The fourth-order valence-corrected chi connectivity index (χ4v) is 2.18. The smallest absolute Gasteiger partial charge is 0.0695 e. The molecule has 1 N–H and O–H groups in total. The Kier molecular flexibility index (Phi) is 4.23. The molecule has 0 bridgehead atoms. The Bertz CT molecular complexity index is 184. The van der Waals surface area contributed by atoms with Crippen molar-refractivity contribution >= 4 is 11.6 Å². The van der Waals surface area contributed by atoms with E-state index in [9.17, 15) is 5.11 Å². The molecule has 76 valence electrons. The van der Waals surface area contributed by atoms with Crippen LogP contribution in [-0.4, -0.2) is 35.7 Å². The molecule has 2 unspecified atom stereocenters. The summed E-state index contributed by atoms with van der Waals surface area (Å²) in [6, 6.07) is 0.268. The summed E-state index contributed by atoms with van der Waals surface area (Å²) in [5.74, 6) is 0. The number of nitrogens with zero attached hydrogens (tertiary/aromatic N) is 1. The van der Waals surface area contributed by atoms with E-state index < -0.39 is 0 Å². The van der Waals surface area contributed by atoms with E-state index in [-0.39, 0.29) is 12.1 Å². The van der Waals surface area contributed by atoms with Crippen LogP contribution in [0.15, 0.2) is 11.6 Å². The maximum atomic E-state index is 9.74. The van der Waals surface area contributed by atoms with Gasteiger partial charge in [-0.05, 0) is 19.9 Å². The highest BCUT2D eigenvalue weighted by Gasteiger charge is 2.26. The Labute approximate surface area is 85.2 Å². The van der Waals surface area contributed by atoms with E-state index in [1.165, 1.54) is 6.42 Å². The van der Waals surface area contributed by atoms with Crippen LogP contribution in [-0.2, 0) is 0 Å². The molecule has 1 fully saturated rings. The van der Waals surface area contributed by atoms with Crippen LogP contribution in [0.1, 0.15) is 25.7 Å². The van der Waals surface area contributed by atoms with Gasteiger partial charge in [0.25, 0.3) is 0 Å². The zero-order valence-electron chi connectivity index (χ0n) is 8.17. The lowest BCUT2D eigenvalue weighted by Gasteiger charge is -2.34. The van der Waals surface area contributed by atoms with Gasteiger partial charge in [-0.2, -0.15) is 0 Å². The lowest BCUT2D eigenvalue weighted by Crippen LogP contribution is -2.43. The lowest BCUT2D eigenvalue weighted by atomic mass is 9.92. The molecule has 2 nitrogen and oxygen atoms in total. The van der Waals surface area contributed by atoms with Crippen LogP contribution < -0.4 is 0 Å². The van der Waals surface area contributed by atoms with Crippen molar-refractivity contribution in [2.75, 3.05) is 13.6 Å². The quantitative estimate of drug-likeness (QED) is 0.759. The summed E-state index contributed by atoms with van der Waals surface area (Å²) in [5.41, 5.74) is 0. The molecule has 0 radical (unpaired) electrons. The average molecular weight is 204 g/mol. The van der Waals surface area contributed by atoms with Crippen LogP contribution in [0.4, 0.5) is 0 Å². The van der Waals surface area contributed by atoms with E-state index in [1.54, 1.807) is 0 Å². The minimum absolute atomic E-state index is 0.185. The molecule has 1 saturated carbocycles. The third-order valence-electron chi connectivity index (χ3n) is 2.68. The summed E-state index contributed by atoms with van der Waals surface area (Å²) in [6.45, 7) is 4.33. The standard InChI is InChI=1S/C10H18ClNO/c1-8(11)7-12(2)9-5-3-4-6-10(9)13/h9-10,13H,1,3-7H2,2H3. The third kappa shape index (κ3) is 3.29. The SMILES string of the molecule is C=C(Cl)CN(C)C1CCCCC1O. The molecule has 0 aliphatic heterocycles. The lowest BCUT2D eigenvalue weighted by molar-refractivity contribution is 0.0369. The highest BCUT2D eigenvalue weighted by Crippen LogP contribution is 2.22. The number of aliphatic hydroxyl groups is 1. The molecule has 0 amide bonds. The molecule has 1 rings (SSSR count). The van der Waals surface area contributed by atoms with Gasteiger partial charge < -0.3 is 5.11 Å². The number of hydrogen-bond donors (Lipinski definition) is 1. The van der Waals surface area contributed by atoms with Crippen LogP contribution in [0.2, 0.25) is 0 Å². The van der Waals surface area contributed by atoms with Crippen molar-refractivity contribution < 1.29 is 5.11 Å². The van der Waals surface area contributed by atoms with Crippen molar-refractivity contribution in [1.29, 1.82) is 0 Å². The van der Waals surface area contributed by atoms with Gasteiger partial charge in [0.15, 0.2) is 0 Å². The Morgan fingerprint density at radius 2 is 2.15 bits per heavy atom. The van der Waals surface area contributed by atoms with Gasteiger partial charge in [-0.1, -0.05) is 31.0 Å². The third-order valence-corrected chi connectivity index (χ3v) is 2.80. The molecular weight excluding hydrogens is 186 g/mol. The molecule has 1 aliphatic rings. The second-order valence-electron chi connectivity index (χ2n) is 3.85. The van der Waals surface area contributed by atoms with Gasteiger partial charge in [0.1, 0.15) is 0 Å². The highest BCUT2D eigenvalue weighted by molar-refractivity contribution is 6.29. The molecule has 0 aromatic carbocycles. The van der Waals surface area contributed by atoms with Gasteiger partial charge in [-0.25, -0.2) is 0 Å². The minimum Gasteiger partial charge on any atom is -0.391 e. The summed E-state index contributed by atoms with van der Waals surface area (Å²) >= 11 is 5.72. The number of hydrogen-bond acceptors (Lipinski definition) is 2. The van der Waals surface area contributed by atoms with Crippen LogP contribution >= 0.6 is 11.6 Å². The van der Waals surface area contributed by atoms with Crippen LogP contribution in [0.3, 0.4) is 0 Å². The van der Waals surface area contributed by atoms with Gasteiger partial charge in [-0.3, -0.25) is 4.90 Å². The van der Waals surface area contributed by atoms with Gasteiger partial charge >= 0.3 is 0 Å². The summed E-state index contributed by atoms with van der Waals surface area (Å²) in [4.78, 5) is 2.10. The van der Waals surface area contributed by atoms with E-state index in [0.717, 1.165) is 19.3 Å². The summed E-state index contributed by atoms with van der Waals surface area (Å²) in [6.07, 6.45) is 4.16. The van der Waals surface area contributed by atoms with E-state index in [4.69, 9.17) is 11.6 Å². The Hall–Kier alpha value is -0.0500. The van der Waals surface area contributed by atoms with Crippen molar-refractivity contribution in [3.63, 3.8) is 0 Å². The molecule has 2 atom stereocenters. The molecule has 0 saturated heterocycles. The second-order valence-corrected chi connectivity index (χ2v) is 4.39. The Morgan fingerprint density at radius 3 is 2.69 bits per heavy atom. The number of rotatable bonds is 3. The number of likely N-dealkylation sites (N-methyl/N-ethyl adjacent to an activating group) is 1. The molecular formula is C10H18ClNO. The van der Waals surface area contributed by atoms with Crippen molar-refractivity contribution in [1.82, 2.24) is 4.90 Å². The predicted molar refractivity (Wildman–Crippen MR) is 55.9 cm³/mol. The average Bonchev–Trinajstić information content (AvgIpc) is 2.03. The summed E-state index contributed by atoms with van der Waals surface area (Å²) in [7, 11) is 1.99. The zero-order chi connectivity index (χ0) is 9.84. The van der Waals surface area contributed by atoms with Crippen molar-refractivity contribution in [3.05, 3.63) is 11.6 Å². The van der Waals surface area contributed by atoms with Crippen molar-refractivity contribution in [2.24, 2.45) is 0 Å². The van der Waals surface area contributed by atoms with E-state index >= 15 is 0 Å². The minimum atomic E-state index is -0.185. The predicted octanol–water partition coefficient (Wildman–Crippen LogP) is 1.97. The summed E-state index contributed by atoms with van der Waals surface area (Å²) in [5, 5.41) is 10.4. The highest BCUT2D eigenvalue weighted by atomic mass is 35.5. The Balaban J connectivity index is 2.43. The molecule has 0 heterocycles. The molecule has 1 aliphatic carbocycles. The maximum absolute atomic E-state index is 9.74. The maximum Gasteiger partial charge on any atom is 0.0695 e. The van der Waals surface area contributed by atoms with Gasteiger partial charge in [0.05, 0.1) is 6.10 Å². The molecule has 0 aromatic heterocycles. The van der Waals surface area contributed by atoms with Crippen molar-refractivity contribution in [2.45, 2.75) is 37.8 Å². The zero-order valence-corrected chi connectivity index (χ0v) is 8.93. The topological polar surface area (TPSA) is 23.5 Å². The molecule has 0 spiro atoms. The van der Waals surface area contributed by atoms with Gasteiger partial charge in [0, 0.05) is 17.6 Å². The van der Waals surface area contributed by atoms with Crippen molar-refractivity contribution in [3.8, 4) is 0 Å². The van der Waals surface area contributed by atoms with E-state index in [0.29, 0.717) is 11.6 Å². The number of halogens is 1. The van der Waals surface area contributed by atoms with Crippen LogP contribution in [0, 0.1) is 0 Å². The first-order valence-corrected chi connectivity index (χ1v) is 5.20. The molecule has 3 heteroatoms.